The van der Waals surface area contributed by atoms with Gasteiger partial charge in [0.05, 0.1) is 0 Å². The van der Waals surface area contributed by atoms with E-state index in [4.69, 9.17) is 5.11 Å². The zero-order valence-electron chi connectivity index (χ0n) is 7.05. The molecular formula is C8H17NOS. The molecular weight excluding hydrogens is 158 g/mol. The van der Waals surface area contributed by atoms with Gasteiger partial charge in [-0.15, -0.1) is 0 Å². The van der Waals surface area contributed by atoms with Crippen LogP contribution in [0, 0.1) is 0 Å². The largest absolute Gasteiger partial charge is 0.396 e. The van der Waals surface area contributed by atoms with Crippen LogP contribution >= 0.6 is 11.8 Å². The summed E-state index contributed by atoms with van der Waals surface area (Å²) in [5.74, 6) is 1.24. The van der Waals surface area contributed by atoms with E-state index in [1.165, 1.54) is 12.2 Å². The zero-order valence-corrected chi connectivity index (χ0v) is 7.86. The SMILES string of the molecule is CC1CC(NCCCO)CS1. The monoisotopic (exact) mass is 175 g/mol. The molecule has 1 aliphatic heterocycles. The van der Waals surface area contributed by atoms with Crippen LogP contribution in [0.25, 0.3) is 0 Å². The molecule has 0 bridgehead atoms. The van der Waals surface area contributed by atoms with Gasteiger partial charge >= 0.3 is 0 Å². The highest BCUT2D eigenvalue weighted by Crippen LogP contribution is 2.25. The second-order valence-corrected chi connectivity index (χ2v) is 4.58. The topological polar surface area (TPSA) is 32.3 Å². The number of aliphatic hydroxyl groups is 1. The van der Waals surface area contributed by atoms with Crippen LogP contribution in [0.15, 0.2) is 0 Å². The number of hydrogen-bond donors (Lipinski definition) is 2. The van der Waals surface area contributed by atoms with E-state index in [1.54, 1.807) is 0 Å². The number of thioether (sulfide) groups is 1. The first-order valence-electron chi connectivity index (χ1n) is 4.28. The summed E-state index contributed by atoms with van der Waals surface area (Å²) in [6.07, 6.45) is 2.17. The molecule has 66 valence electrons. The summed E-state index contributed by atoms with van der Waals surface area (Å²) in [7, 11) is 0. The highest BCUT2D eigenvalue weighted by atomic mass is 32.2. The van der Waals surface area contributed by atoms with Gasteiger partial charge in [-0.05, 0) is 19.4 Å². The molecule has 0 aromatic heterocycles. The molecule has 11 heavy (non-hydrogen) atoms. The summed E-state index contributed by atoms with van der Waals surface area (Å²) in [5.41, 5.74) is 0. The summed E-state index contributed by atoms with van der Waals surface area (Å²) in [5, 5.41) is 12.8. The van der Waals surface area contributed by atoms with Crippen molar-refractivity contribution in [1.29, 1.82) is 0 Å². The molecule has 2 atom stereocenters. The van der Waals surface area contributed by atoms with Gasteiger partial charge in [0.15, 0.2) is 0 Å². The zero-order chi connectivity index (χ0) is 8.10. The Morgan fingerprint density at radius 2 is 2.45 bits per heavy atom. The van der Waals surface area contributed by atoms with E-state index in [1.807, 2.05) is 11.8 Å². The van der Waals surface area contributed by atoms with Crippen LogP contribution in [0.1, 0.15) is 19.8 Å². The first kappa shape index (κ1) is 9.36. The fourth-order valence-electron chi connectivity index (χ4n) is 1.34. The summed E-state index contributed by atoms with van der Waals surface area (Å²) >= 11 is 2.04. The average molecular weight is 175 g/mol. The number of rotatable bonds is 4. The van der Waals surface area contributed by atoms with Crippen molar-refractivity contribution in [2.24, 2.45) is 0 Å². The smallest absolute Gasteiger partial charge is 0.0443 e. The Kier molecular flexibility index (Phi) is 4.26. The second kappa shape index (κ2) is 5.01. The van der Waals surface area contributed by atoms with E-state index in [0.29, 0.717) is 12.6 Å². The molecule has 0 spiro atoms. The lowest BCUT2D eigenvalue weighted by Crippen LogP contribution is -2.30. The summed E-state index contributed by atoms with van der Waals surface area (Å²) in [4.78, 5) is 0. The summed E-state index contributed by atoms with van der Waals surface area (Å²) in [6, 6.07) is 0.696. The Labute approximate surface area is 72.8 Å². The fourth-order valence-corrected chi connectivity index (χ4v) is 2.53. The third kappa shape index (κ3) is 3.45. The molecule has 1 rings (SSSR count). The molecule has 0 aliphatic carbocycles. The van der Waals surface area contributed by atoms with Gasteiger partial charge in [0.2, 0.25) is 0 Å². The van der Waals surface area contributed by atoms with Crippen LogP contribution in [-0.2, 0) is 0 Å². The van der Waals surface area contributed by atoms with E-state index in [9.17, 15) is 0 Å². The van der Waals surface area contributed by atoms with Crippen LogP contribution in [0.4, 0.5) is 0 Å². The van der Waals surface area contributed by atoms with Crippen molar-refractivity contribution >= 4 is 11.8 Å². The van der Waals surface area contributed by atoms with Crippen LogP contribution in [0.5, 0.6) is 0 Å². The number of aliphatic hydroxyl groups excluding tert-OH is 1. The molecule has 0 saturated carbocycles. The molecule has 3 heteroatoms. The van der Waals surface area contributed by atoms with Gasteiger partial charge in [-0.2, -0.15) is 11.8 Å². The molecule has 1 fully saturated rings. The minimum absolute atomic E-state index is 0.308. The Morgan fingerprint density at radius 3 is 3.00 bits per heavy atom. The molecule has 0 amide bonds. The van der Waals surface area contributed by atoms with E-state index in [2.05, 4.69) is 12.2 Å². The van der Waals surface area contributed by atoms with Gasteiger partial charge in [0.25, 0.3) is 0 Å². The minimum atomic E-state index is 0.308. The van der Waals surface area contributed by atoms with Crippen molar-refractivity contribution in [1.82, 2.24) is 5.32 Å². The molecule has 2 N–H and O–H groups in total. The number of nitrogens with one attached hydrogen (secondary N) is 1. The van der Waals surface area contributed by atoms with Crippen molar-refractivity contribution in [3.8, 4) is 0 Å². The van der Waals surface area contributed by atoms with Crippen molar-refractivity contribution in [3.05, 3.63) is 0 Å². The summed E-state index contributed by atoms with van der Waals surface area (Å²) in [6.45, 7) is 3.55. The number of hydrogen-bond acceptors (Lipinski definition) is 3. The molecule has 0 aromatic rings. The Hall–Kier alpha value is 0.270. The van der Waals surface area contributed by atoms with Crippen molar-refractivity contribution in [3.63, 3.8) is 0 Å². The highest BCUT2D eigenvalue weighted by molar-refractivity contribution is 8.00. The van der Waals surface area contributed by atoms with Crippen molar-refractivity contribution in [2.75, 3.05) is 18.9 Å². The van der Waals surface area contributed by atoms with Crippen molar-refractivity contribution < 1.29 is 5.11 Å². The lowest BCUT2D eigenvalue weighted by molar-refractivity contribution is 0.283. The Morgan fingerprint density at radius 1 is 1.64 bits per heavy atom. The maximum absolute atomic E-state index is 8.55. The quantitative estimate of drug-likeness (QED) is 0.621. The van der Waals surface area contributed by atoms with Crippen LogP contribution in [0.2, 0.25) is 0 Å². The standard InChI is InChI=1S/C8H17NOS/c1-7-5-8(6-11-7)9-3-2-4-10/h7-10H,2-6H2,1H3. The maximum atomic E-state index is 8.55. The van der Waals surface area contributed by atoms with Gasteiger partial charge in [-0.3, -0.25) is 0 Å². The first-order valence-corrected chi connectivity index (χ1v) is 5.33. The first-order chi connectivity index (χ1) is 5.33. The van der Waals surface area contributed by atoms with Crippen LogP contribution < -0.4 is 5.32 Å². The fraction of sp³-hybridized carbons (Fsp3) is 1.00. The van der Waals surface area contributed by atoms with Crippen molar-refractivity contribution in [2.45, 2.75) is 31.1 Å². The third-order valence-corrected chi connectivity index (χ3v) is 3.32. The second-order valence-electron chi connectivity index (χ2n) is 3.11. The van der Waals surface area contributed by atoms with E-state index in [0.717, 1.165) is 18.2 Å². The van der Waals surface area contributed by atoms with Gasteiger partial charge in [-0.1, -0.05) is 6.92 Å². The van der Waals surface area contributed by atoms with Crippen LogP contribution in [0.3, 0.4) is 0 Å². The lowest BCUT2D eigenvalue weighted by atomic mass is 10.2. The van der Waals surface area contributed by atoms with E-state index < -0.39 is 0 Å². The third-order valence-electron chi connectivity index (χ3n) is 1.97. The highest BCUT2D eigenvalue weighted by Gasteiger charge is 2.20. The molecule has 1 heterocycles. The van der Waals surface area contributed by atoms with Gasteiger partial charge < -0.3 is 10.4 Å². The Balaban J connectivity index is 1.99. The molecule has 1 aliphatic rings. The Bertz CT molecular complexity index is 110. The van der Waals surface area contributed by atoms with Gasteiger partial charge in [-0.25, -0.2) is 0 Å². The van der Waals surface area contributed by atoms with E-state index in [-0.39, 0.29) is 0 Å². The molecule has 1 saturated heterocycles. The minimum Gasteiger partial charge on any atom is -0.396 e. The lowest BCUT2D eigenvalue weighted by Gasteiger charge is -2.09. The predicted octanol–water partition coefficient (Wildman–Crippen LogP) is 0.852. The molecule has 0 aromatic carbocycles. The van der Waals surface area contributed by atoms with Crippen LogP contribution in [-0.4, -0.2) is 35.3 Å². The average Bonchev–Trinajstić information content (AvgIpc) is 2.37. The molecule has 2 nitrogen and oxygen atoms in total. The molecule has 0 radical (unpaired) electrons. The molecule has 2 unspecified atom stereocenters. The summed E-state index contributed by atoms with van der Waals surface area (Å²) < 4.78 is 0. The van der Waals surface area contributed by atoms with E-state index >= 15 is 0 Å². The predicted molar refractivity (Wildman–Crippen MR) is 50.0 cm³/mol. The van der Waals surface area contributed by atoms with Gasteiger partial charge in [0, 0.05) is 23.7 Å². The maximum Gasteiger partial charge on any atom is 0.0443 e. The van der Waals surface area contributed by atoms with Gasteiger partial charge in [0.1, 0.15) is 0 Å². The normalized spacial score (nSPS) is 31.1.